The number of aromatic nitrogens is 4. The van der Waals surface area contributed by atoms with Crippen molar-refractivity contribution in [2.75, 3.05) is 50.5 Å². The molecule has 2 amide bonds. The summed E-state index contributed by atoms with van der Waals surface area (Å²) in [5.74, 6) is 6.58. The predicted molar refractivity (Wildman–Crippen MR) is 163 cm³/mol. The quantitative estimate of drug-likeness (QED) is 0.285. The Balaban J connectivity index is 0.00000216. The van der Waals surface area contributed by atoms with Crippen molar-refractivity contribution >= 4 is 23.2 Å². The number of rotatable bonds is 6. The second-order valence-electron chi connectivity index (χ2n) is 9.64. The molecular formula is C31H35F3N8O2. The molecule has 0 bridgehead atoms. The van der Waals surface area contributed by atoms with E-state index < -0.39 is 17.8 Å². The summed E-state index contributed by atoms with van der Waals surface area (Å²) >= 11 is 0. The van der Waals surface area contributed by atoms with Gasteiger partial charge in [0.05, 0.1) is 24.4 Å². The molecule has 1 saturated heterocycles. The molecule has 0 aliphatic carbocycles. The largest absolute Gasteiger partial charge is 0.481 e. The number of urea groups is 1. The highest BCUT2D eigenvalue weighted by Crippen LogP contribution is 2.34. The van der Waals surface area contributed by atoms with Crippen molar-refractivity contribution in [1.82, 2.24) is 29.4 Å². The molecule has 1 aliphatic heterocycles. The summed E-state index contributed by atoms with van der Waals surface area (Å²) in [6.45, 7) is 10.2. The number of hydrogen-bond donors (Lipinski definition) is 2. The van der Waals surface area contributed by atoms with Gasteiger partial charge in [0.1, 0.15) is 5.82 Å². The lowest BCUT2D eigenvalue weighted by molar-refractivity contribution is -0.138. The zero-order chi connectivity index (χ0) is 31.7. The molecule has 0 spiro atoms. The van der Waals surface area contributed by atoms with Gasteiger partial charge in [0.15, 0.2) is 5.65 Å². The van der Waals surface area contributed by atoms with E-state index in [1.807, 2.05) is 18.7 Å². The fourth-order valence-corrected chi connectivity index (χ4v) is 4.61. The molecule has 10 nitrogen and oxygen atoms in total. The number of ether oxygens (including phenoxy) is 1. The Labute approximate surface area is 254 Å². The summed E-state index contributed by atoms with van der Waals surface area (Å²) in [4.78, 5) is 25.4. The first-order valence-electron chi connectivity index (χ1n) is 14.3. The molecule has 1 aromatic carbocycles. The standard InChI is InChI=1S/C29H29F3N8O2.C2H6/c1-3-38-12-14-39(15-13-38)19-22-6-7-23(17-24(22)29(30,31)32)35-28(41)36-25-16-20(8-10-33-25)4-5-21-18-34-40-11-9-26(42-2)37-27(21)40;1-2/h6-11,16-18H,3,12-15,19H2,1-2H3,(H2,33,35,36,41);1-2H3. The summed E-state index contributed by atoms with van der Waals surface area (Å²) in [6.07, 6.45) is 0.188. The number of anilines is 2. The Hall–Kier alpha value is -4.67. The summed E-state index contributed by atoms with van der Waals surface area (Å²) in [5.41, 5.74) is 1.07. The average molecular weight is 609 g/mol. The lowest BCUT2D eigenvalue weighted by Gasteiger charge is -2.34. The Morgan fingerprint density at radius 2 is 1.77 bits per heavy atom. The van der Waals surface area contributed by atoms with Crippen molar-refractivity contribution in [2.24, 2.45) is 0 Å². The molecule has 0 unspecified atom stereocenters. The van der Waals surface area contributed by atoms with E-state index in [0.29, 0.717) is 35.7 Å². The highest BCUT2D eigenvalue weighted by molar-refractivity contribution is 5.99. The van der Waals surface area contributed by atoms with Crippen molar-refractivity contribution in [3.8, 4) is 17.7 Å². The second kappa shape index (κ2) is 14.7. The zero-order valence-electron chi connectivity index (χ0n) is 25.1. The minimum absolute atomic E-state index is 0.0198. The van der Waals surface area contributed by atoms with Crippen LogP contribution in [0.2, 0.25) is 0 Å². The number of carbonyl (C=O) groups is 1. The number of halogens is 3. The highest BCUT2D eigenvalue weighted by atomic mass is 19.4. The van der Waals surface area contributed by atoms with Gasteiger partial charge in [-0.3, -0.25) is 10.2 Å². The first-order valence-corrected chi connectivity index (χ1v) is 14.3. The minimum Gasteiger partial charge on any atom is -0.481 e. The second-order valence-corrected chi connectivity index (χ2v) is 9.64. The van der Waals surface area contributed by atoms with Crippen LogP contribution in [0.15, 0.2) is 55.0 Å². The molecule has 1 fully saturated rings. The van der Waals surface area contributed by atoms with Crippen LogP contribution in [0.5, 0.6) is 5.88 Å². The van der Waals surface area contributed by atoms with Gasteiger partial charge in [-0.1, -0.05) is 38.7 Å². The molecule has 0 radical (unpaired) electrons. The summed E-state index contributed by atoms with van der Waals surface area (Å²) in [7, 11) is 1.52. The van der Waals surface area contributed by atoms with Gasteiger partial charge in [-0.2, -0.15) is 23.3 Å². The number of hydrogen-bond acceptors (Lipinski definition) is 7. The Morgan fingerprint density at radius 3 is 2.48 bits per heavy atom. The van der Waals surface area contributed by atoms with Crippen LogP contribution in [0.3, 0.4) is 0 Å². The van der Waals surface area contributed by atoms with Crippen molar-refractivity contribution < 1.29 is 22.7 Å². The maximum Gasteiger partial charge on any atom is 0.416 e. The lowest BCUT2D eigenvalue weighted by Crippen LogP contribution is -2.45. The third kappa shape index (κ3) is 8.24. The lowest BCUT2D eigenvalue weighted by atomic mass is 10.0. The first-order chi connectivity index (χ1) is 21.2. The monoisotopic (exact) mass is 608 g/mol. The van der Waals surface area contributed by atoms with Crippen LogP contribution >= 0.6 is 0 Å². The van der Waals surface area contributed by atoms with Gasteiger partial charge in [-0.15, -0.1) is 0 Å². The molecule has 0 atom stereocenters. The molecule has 4 aromatic rings. The van der Waals surface area contributed by atoms with Crippen LogP contribution < -0.4 is 15.4 Å². The molecule has 44 heavy (non-hydrogen) atoms. The average Bonchev–Trinajstić information content (AvgIpc) is 3.44. The van der Waals surface area contributed by atoms with Crippen LogP contribution in [0.4, 0.5) is 29.5 Å². The maximum absolute atomic E-state index is 13.9. The molecular weight excluding hydrogens is 573 g/mol. The van der Waals surface area contributed by atoms with Gasteiger partial charge in [-0.25, -0.2) is 14.3 Å². The highest BCUT2D eigenvalue weighted by Gasteiger charge is 2.34. The van der Waals surface area contributed by atoms with Gasteiger partial charge in [0.25, 0.3) is 0 Å². The van der Waals surface area contributed by atoms with Gasteiger partial charge in [-0.05, 0) is 36.4 Å². The number of pyridine rings is 1. The SMILES string of the molecule is CC.CCN1CCN(Cc2ccc(NC(=O)Nc3cc(C#Cc4cnn5ccc(OC)nc45)ccn3)cc2C(F)(F)F)CC1. The van der Waals surface area contributed by atoms with E-state index >= 15 is 0 Å². The van der Waals surface area contributed by atoms with Gasteiger partial charge >= 0.3 is 12.2 Å². The number of amides is 2. The summed E-state index contributed by atoms with van der Waals surface area (Å²) in [5, 5.41) is 9.23. The molecule has 3 aromatic heterocycles. The third-order valence-corrected chi connectivity index (χ3v) is 6.87. The molecule has 1 aliphatic rings. The molecule has 0 saturated carbocycles. The fraction of sp³-hybridized carbons (Fsp3) is 0.355. The van der Waals surface area contributed by atoms with Gasteiger partial charge in [0, 0.05) is 62.4 Å². The van der Waals surface area contributed by atoms with Crippen molar-refractivity contribution in [1.29, 1.82) is 0 Å². The number of likely N-dealkylation sites (N-methyl/N-ethyl adjacent to an activating group) is 1. The Morgan fingerprint density at radius 1 is 1.02 bits per heavy atom. The van der Waals surface area contributed by atoms with E-state index in [2.05, 4.69) is 49.4 Å². The number of alkyl halides is 3. The number of benzene rings is 1. The van der Waals surface area contributed by atoms with Crippen LogP contribution in [0.25, 0.3) is 5.65 Å². The fourth-order valence-electron chi connectivity index (χ4n) is 4.61. The van der Waals surface area contributed by atoms with Crippen molar-refractivity contribution in [3.05, 3.63) is 77.2 Å². The number of nitrogens with zero attached hydrogens (tertiary/aromatic N) is 6. The number of methoxy groups -OCH3 is 1. The van der Waals surface area contributed by atoms with E-state index in [1.165, 1.54) is 25.4 Å². The van der Waals surface area contributed by atoms with Crippen molar-refractivity contribution in [2.45, 2.75) is 33.5 Å². The molecule has 13 heteroatoms. The number of carbonyl (C=O) groups excluding carboxylic acids is 1. The minimum atomic E-state index is -4.56. The summed E-state index contributed by atoms with van der Waals surface area (Å²) in [6, 6.07) is 8.01. The van der Waals surface area contributed by atoms with E-state index in [4.69, 9.17) is 4.74 Å². The van der Waals surface area contributed by atoms with Crippen LogP contribution in [-0.2, 0) is 12.7 Å². The van der Waals surface area contributed by atoms with E-state index in [9.17, 15) is 18.0 Å². The van der Waals surface area contributed by atoms with E-state index in [1.54, 1.807) is 35.1 Å². The third-order valence-electron chi connectivity index (χ3n) is 6.87. The van der Waals surface area contributed by atoms with Gasteiger partial charge < -0.3 is 15.0 Å². The normalized spacial score (nSPS) is 13.8. The van der Waals surface area contributed by atoms with E-state index in [0.717, 1.165) is 25.7 Å². The van der Waals surface area contributed by atoms with E-state index in [-0.39, 0.29) is 23.6 Å². The number of nitrogens with one attached hydrogen (secondary N) is 2. The Bertz CT molecular complexity index is 1640. The van der Waals surface area contributed by atoms with Crippen LogP contribution in [0, 0.1) is 11.8 Å². The topological polar surface area (TPSA) is 99.9 Å². The Kier molecular flexibility index (Phi) is 10.8. The maximum atomic E-state index is 13.9. The molecule has 2 N–H and O–H groups in total. The molecule has 5 rings (SSSR count). The smallest absolute Gasteiger partial charge is 0.416 e. The van der Waals surface area contributed by atoms with Crippen LogP contribution in [-0.4, -0.2) is 75.2 Å². The summed E-state index contributed by atoms with van der Waals surface area (Å²) < 4.78 is 48.5. The van der Waals surface area contributed by atoms with Gasteiger partial charge in [0.2, 0.25) is 5.88 Å². The number of piperazine rings is 1. The molecule has 232 valence electrons. The molecule has 4 heterocycles. The first kappa shape index (κ1) is 32.2. The predicted octanol–water partition coefficient (Wildman–Crippen LogP) is 5.36. The van der Waals surface area contributed by atoms with Crippen molar-refractivity contribution in [3.63, 3.8) is 0 Å². The van der Waals surface area contributed by atoms with Crippen LogP contribution in [0.1, 0.15) is 43.0 Å². The number of fused-ring (bicyclic) bond motifs is 1. The zero-order valence-corrected chi connectivity index (χ0v) is 25.1.